The van der Waals surface area contributed by atoms with Crippen LogP contribution in [0.1, 0.15) is 59.2 Å². The smallest absolute Gasteiger partial charge is 0.409 e. The Bertz CT molecular complexity index is 1300. The van der Waals surface area contributed by atoms with Crippen LogP contribution in [-0.2, 0) is 31.0 Å². The van der Waals surface area contributed by atoms with Gasteiger partial charge in [-0.05, 0) is 89.8 Å². The first-order valence-corrected chi connectivity index (χ1v) is 13.7. The summed E-state index contributed by atoms with van der Waals surface area (Å²) in [5.41, 5.74) is -3.30. The second-order valence-corrected chi connectivity index (χ2v) is 12.0. The molecule has 0 aliphatic heterocycles. The zero-order valence-corrected chi connectivity index (χ0v) is 25.0. The van der Waals surface area contributed by atoms with Crippen molar-refractivity contribution in [1.82, 2.24) is 15.6 Å². The number of carbonyl (C=O) groups is 3. The topological polar surface area (TPSA) is 140 Å². The summed E-state index contributed by atoms with van der Waals surface area (Å²) in [5.74, 6) is -0.782. The van der Waals surface area contributed by atoms with Crippen LogP contribution in [0.5, 0.6) is 0 Å². The van der Waals surface area contributed by atoms with Gasteiger partial charge in [-0.1, -0.05) is 36.4 Å². The first-order chi connectivity index (χ1) is 19.7. The fourth-order valence-corrected chi connectivity index (χ4v) is 4.21. The number of esters is 1. The molecule has 0 saturated carbocycles. The molecule has 0 unspecified atom stereocenters. The van der Waals surface area contributed by atoms with Crippen LogP contribution in [0.2, 0.25) is 0 Å². The van der Waals surface area contributed by atoms with E-state index in [0.29, 0.717) is 12.1 Å². The van der Waals surface area contributed by atoms with Gasteiger partial charge in [-0.2, -0.15) is 0 Å². The fraction of sp³-hybridized carbons (Fsp3) is 0.406. The lowest BCUT2D eigenvalue weighted by Gasteiger charge is -2.37. The maximum atomic E-state index is 13.9. The highest BCUT2D eigenvalue weighted by molar-refractivity contribution is 5.91. The van der Waals surface area contributed by atoms with Gasteiger partial charge in [0.05, 0.1) is 5.69 Å². The molecule has 2 amide bonds. The number of rotatable bonds is 9. The van der Waals surface area contributed by atoms with Gasteiger partial charge < -0.3 is 24.9 Å². The summed E-state index contributed by atoms with van der Waals surface area (Å²) >= 11 is 0. The van der Waals surface area contributed by atoms with E-state index in [4.69, 9.17) is 19.6 Å². The normalized spacial score (nSPS) is 20.6. The van der Waals surface area contributed by atoms with E-state index in [0.717, 1.165) is 5.56 Å². The minimum absolute atomic E-state index is 0.175. The molecule has 0 spiro atoms. The van der Waals surface area contributed by atoms with E-state index < -0.39 is 46.5 Å². The van der Waals surface area contributed by atoms with Crippen molar-refractivity contribution in [3.05, 3.63) is 90.3 Å². The second-order valence-electron chi connectivity index (χ2n) is 12.0. The van der Waals surface area contributed by atoms with Crippen molar-refractivity contribution in [2.45, 2.75) is 82.8 Å². The molecule has 0 bridgehead atoms. The zero-order valence-electron chi connectivity index (χ0n) is 25.0. The van der Waals surface area contributed by atoms with Crippen molar-refractivity contribution in [2.24, 2.45) is 0 Å². The van der Waals surface area contributed by atoms with Gasteiger partial charge in [0.15, 0.2) is 5.54 Å². The number of ether oxygens (including phenoxy) is 3. The highest BCUT2D eigenvalue weighted by Gasteiger charge is 2.45. The van der Waals surface area contributed by atoms with Crippen molar-refractivity contribution < 1.29 is 28.6 Å². The van der Waals surface area contributed by atoms with Gasteiger partial charge in [0.25, 0.3) is 0 Å². The molecule has 1 aliphatic rings. The third kappa shape index (κ3) is 9.02. The summed E-state index contributed by atoms with van der Waals surface area (Å²) in [4.78, 5) is 44.1. The number of alkyl carbamates (subject to hydrolysis) is 2. The highest BCUT2D eigenvalue weighted by atomic mass is 16.6. The van der Waals surface area contributed by atoms with Crippen LogP contribution in [0, 0.1) is 5.41 Å². The largest absolute Gasteiger partial charge is 0.459 e. The van der Waals surface area contributed by atoms with Gasteiger partial charge in [-0.15, -0.1) is 0 Å². The summed E-state index contributed by atoms with van der Waals surface area (Å²) < 4.78 is 16.8. The Morgan fingerprint density at radius 2 is 1.43 bits per heavy atom. The van der Waals surface area contributed by atoms with Crippen LogP contribution in [0.25, 0.3) is 0 Å². The molecule has 10 nitrogen and oxygen atoms in total. The first kappa shape index (κ1) is 32.0. The number of nitrogens with zero attached hydrogens (tertiary/aromatic N) is 1. The molecule has 3 rings (SSSR count). The third-order valence-electron chi connectivity index (χ3n) is 6.02. The molecule has 42 heavy (non-hydrogen) atoms. The summed E-state index contributed by atoms with van der Waals surface area (Å²) in [6.07, 6.45) is 7.08. The monoisotopic (exact) mass is 576 g/mol. The lowest BCUT2D eigenvalue weighted by molar-refractivity contribution is -0.152. The van der Waals surface area contributed by atoms with Crippen LogP contribution < -0.4 is 10.6 Å². The Morgan fingerprint density at radius 3 is 1.95 bits per heavy atom. The van der Waals surface area contributed by atoms with Crippen molar-refractivity contribution in [2.75, 3.05) is 0 Å². The van der Waals surface area contributed by atoms with Gasteiger partial charge >= 0.3 is 18.2 Å². The molecular weight excluding hydrogens is 536 g/mol. The second kappa shape index (κ2) is 13.0. The standard InChI is InChI=1S/C32H40N4O6/c1-29(2,3)41-27(38)35-31(25-14-10-11-21-34-25)16-18-32(19-17-31,36-28(39)42-30(4,5)6)26(37)40-24(15-20-33)22-23-12-8-7-9-13-23/h7-14,16-21,24,33H,15,22H2,1-6H3,(H,35,38)(H,36,39)/t24-,31?,32?/m1/s1. The molecule has 3 N–H and O–H groups in total. The number of hydrogen-bond acceptors (Lipinski definition) is 8. The van der Waals surface area contributed by atoms with E-state index in [1.807, 2.05) is 30.3 Å². The number of carbonyl (C=O) groups excluding carboxylic acids is 3. The maximum Gasteiger partial charge on any atom is 0.409 e. The summed E-state index contributed by atoms with van der Waals surface area (Å²) in [7, 11) is 0. The molecule has 0 radical (unpaired) electrons. The van der Waals surface area contributed by atoms with Crippen LogP contribution >= 0.6 is 0 Å². The summed E-state index contributed by atoms with van der Waals surface area (Å²) in [6, 6.07) is 14.7. The Balaban J connectivity index is 1.99. The quantitative estimate of drug-likeness (QED) is 0.157. The van der Waals surface area contributed by atoms with Gasteiger partial charge in [0, 0.05) is 19.0 Å². The van der Waals surface area contributed by atoms with Gasteiger partial charge in [0.2, 0.25) is 0 Å². The molecule has 1 aromatic heterocycles. The highest BCUT2D eigenvalue weighted by Crippen LogP contribution is 2.32. The number of pyridine rings is 1. The molecule has 224 valence electrons. The molecule has 0 fully saturated rings. The van der Waals surface area contributed by atoms with E-state index in [1.165, 1.54) is 18.4 Å². The Morgan fingerprint density at radius 1 is 0.857 bits per heavy atom. The molecular formula is C32H40N4O6. The molecule has 10 heteroatoms. The number of benzene rings is 1. The van der Waals surface area contributed by atoms with Crippen molar-refractivity contribution in [3.63, 3.8) is 0 Å². The van der Waals surface area contributed by atoms with E-state index in [1.54, 1.807) is 78.1 Å². The van der Waals surface area contributed by atoms with Crippen LogP contribution in [0.15, 0.2) is 79.0 Å². The molecule has 2 aromatic rings. The Kier molecular flexibility index (Phi) is 9.93. The van der Waals surface area contributed by atoms with E-state index in [2.05, 4.69) is 15.6 Å². The molecule has 1 aliphatic carbocycles. The van der Waals surface area contributed by atoms with Crippen LogP contribution in [-0.4, -0.2) is 52.2 Å². The Hall–Kier alpha value is -4.47. The zero-order chi connectivity index (χ0) is 31.0. The third-order valence-corrected chi connectivity index (χ3v) is 6.02. The van der Waals surface area contributed by atoms with Gasteiger partial charge in [0.1, 0.15) is 22.8 Å². The number of amides is 2. The van der Waals surface area contributed by atoms with Crippen molar-refractivity contribution in [1.29, 1.82) is 5.41 Å². The first-order valence-electron chi connectivity index (χ1n) is 13.7. The van der Waals surface area contributed by atoms with Crippen LogP contribution in [0.3, 0.4) is 0 Å². The van der Waals surface area contributed by atoms with Gasteiger partial charge in [-0.3, -0.25) is 10.3 Å². The summed E-state index contributed by atoms with van der Waals surface area (Å²) in [5, 5.41) is 13.1. The summed E-state index contributed by atoms with van der Waals surface area (Å²) in [6.45, 7) is 10.4. The van der Waals surface area contributed by atoms with Crippen molar-refractivity contribution >= 4 is 24.4 Å². The number of nitrogens with one attached hydrogen (secondary N) is 3. The fourth-order valence-electron chi connectivity index (χ4n) is 4.21. The average Bonchev–Trinajstić information content (AvgIpc) is 2.89. The molecule has 1 aromatic carbocycles. The predicted molar refractivity (Wildman–Crippen MR) is 159 cm³/mol. The minimum Gasteiger partial charge on any atom is -0.459 e. The van der Waals surface area contributed by atoms with Gasteiger partial charge in [-0.25, -0.2) is 14.4 Å². The Labute approximate surface area is 247 Å². The molecule has 0 saturated heterocycles. The molecule has 1 heterocycles. The predicted octanol–water partition coefficient (Wildman–Crippen LogP) is 5.39. The van der Waals surface area contributed by atoms with E-state index in [9.17, 15) is 14.4 Å². The number of aromatic nitrogens is 1. The lowest BCUT2D eigenvalue weighted by atomic mass is 9.82. The van der Waals surface area contributed by atoms with Crippen LogP contribution in [0.4, 0.5) is 9.59 Å². The van der Waals surface area contributed by atoms with E-state index in [-0.39, 0.29) is 6.42 Å². The average molecular weight is 577 g/mol. The lowest BCUT2D eigenvalue weighted by Crippen LogP contribution is -2.57. The SMILES string of the molecule is CC(C)(C)OC(=O)NC1(C(=O)O[C@H](CC=N)Cc2ccccc2)C=CC(NC(=O)OC(C)(C)C)(c2ccccn2)C=C1. The molecule has 1 atom stereocenters. The maximum absolute atomic E-state index is 13.9. The van der Waals surface area contributed by atoms with E-state index >= 15 is 0 Å². The minimum atomic E-state index is -1.78. The van der Waals surface area contributed by atoms with Crippen molar-refractivity contribution in [3.8, 4) is 0 Å². The number of hydrogen-bond donors (Lipinski definition) is 3.